The molecule has 0 bridgehead atoms. The first-order valence-corrected chi connectivity index (χ1v) is 10.9. The van der Waals surface area contributed by atoms with Gasteiger partial charge in [-0.05, 0) is 87.4 Å². The summed E-state index contributed by atoms with van der Waals surface area (Å²) >= 11 is 0. The van der Waals surface area contributed by atoms with Crippen LogP contribution < -0.4 is 10.7 Å². The van der Waals surface area contributed by atoms with Crippen LogP contribution in [0.4, 0.5) is 0 Å². The van der Waals surface area contributed by atoms with E-state index in [1.807, 2.05) is 62.4 Å². The van der Waals surface area contributed by atoms with E-state index in [4.69, 9.17) is 4.99 Å². The first kappa shape index (κ1) is 22.3. The van der Waals surface area contributed by atoms with E-state index in [0.29, 0.717) is 5.57 Å². The van der Waals surface area contributed by atoms with Gasteiger partial charge in [0.05, 0.1) is 33.7 Å². The molecule has 168 valence electrons. The lowest BCUT2D eigenvalue weighted by Crippen LogP contribution is -2.29. The van der Waals surface area contributed by atoms with Crippen molar-refractivity contribution in [2.24, 2.45) is 9.98 Å². The molecule has 0 saturated heterocycles. The minimum absolute atomic E-state index is 0.0801. The fourth-order valence-electron chi connectivity index (χ4n) is 3.77. The van der Waals surface area contributed by atoms with Crippen molar-refractivity contribution in [2.45, 2.75) is 27.7 Å². The number of aromatic nitrogens is 2. The van der Waals surface area contributed by atoms with Gasteiger partial charge in [-0.2, -0.15) is 0 Å². The van der Waals surface area contributed by atoms with Gasteiger partial charge in [0.1, 0.15) is 0 Å². The Kier molecular flexibility index (Phi) is 6.01. The summed E-state index contributed by atoms with van der Waals surface area (Å²) in [7, 11) is 3.52. The van der Waals surface area contributed by atoms with E-state index in [1.165, 1.54) is 5.57 Å². The maximum Gasteiger partial charge on any atom is 0.257 e. The van der Waals surface area contributed by atoms with E-state index < -0.39 is 0 Å². The van der Waals surface area contributed by atoms with E-state index in [1.54, 1.807) is 25.2 Å². The molecule has 0 fully saturated rings. The van der Waals surface area contributed by atoms with Crippen molar-refractivity contribution >= 4 is 34.6 Å². The zero-order valence-electron chi connectivity index (χ0n) is 19.9. The van der Waals surface area contributed by atoms with Crippen molar-refractivity contribution in [2.75, 3.05) is 14.1 Å². The lowest BCUT2D eigenvalue weighted by atomic mass is 10.1. The molecular formula is C27H29N5O. The minimum Gasteiger partial charge on any atom is -0.355 e. The quantitative estimate of drug-likeness (QED) is 0.752. The van der Waals surface area contributed by atoms with Gasteiger partial charge >= 0.3 is 0 Å². The fraction of sp³-hybridized carbons (Fsp3) is 0.222. The third kappa shape index (κ3) is 4.37. The molecule has 33 heavy (non-hydrogen) atoms. The Labute approximate surface area is 193 Å². The highest BCUT2D eigenvalue weighted by molar-refractivity contribution is 6.25. The third-order valence-corrected chi connectivity index (χ3v) is 5.81. The van der Waals surface area contributed by atoms with Gasteiger partial charge in [0.25, 0.3) is 5.91 Å². The smallest absolute Gasteiger partial charge is 0.257 e. The Hall–Kier alpha value is -3.93. The standard InChI is InChI=1S/C27H29N5O/c1-16(2)19-9-10-22(29-19)18(4)23-12-14-25(31-23)26(27(33)32(5)6)24-13-11-21(30-24)17(3)20-8-7-15-28-20/h7-15,30-31H,1-6H3/b20-17-,23-18-,26-25+. The molecule has 4 rings (SSSR count). The van der Waals surface area contributed by atoms with Crippen molar-refractivity contribution in [3.05, 3.63) is 87.6 Å². The summed E-state index contributed by atoms with van der Waals surface area (Å²) in [6.07, 6.45) is 9.73. The van der Waals surface area contributed by atoms with Crippen LogP contribution in [0.1, 0.15) is 39.1 Å². The van der Waals surface area contributed by atoms with Gasteiger partial charge in [0.2, 0.25) is 0 Å². The van der Waals surface area contributed by atoms with Gasteiger partial charge in [-0.15, -0.1) is 0 Å². The largest absolute Gasteiger partial charge is 0.355 e. The molecule has 0 saturated carbocycles. The van der Waals surface area contributed by atoms with Crippen LogP contribution in [0.2, 0.25) is 0 Å². The van der Waals surface area contributed by atoms with Gasteiger partial charge in [-0.1, -0.05) is 5.57 Å². The number of aliphatic imine (C=N–C) groups is 2. The normalized spacial score (nSPS) is 18.0. The Bertz CT molecular complexity index is 1410. The summed E-state index contributed by atoms with van der Waals surface area (Å²) in [5, 5.41) is 1.69. The fourth-order valence-corrected chi connectivity index (χ4v) is 3.77. The molecule has 2 aromatic rings. The number of carbonyl (C=O) groups is 1. The topological polar surface area (TPSA) is 76.6 Å². The van der Waals surface area contributed by atoms with Crippen LogP contribution in [0.25, 0.3) is 16.7 Å². The van der Waals surface area contributed by atoms with E-state index in [-0.39, 0.29) is 5.91 Å². The number of rotatable bonds is 4. The molecule has 0 atom stereocenters. The second kappa shape index (κ2) is 8.90. The van der Waals surface area contributed by atoms with Crippen LogP contribution in [-0.4, -0.2) is 46.8 Å². The summed E-state index contributed by atoms with van der Waals surface area (Å²) in [6, 6.07) is 7.88. The third-order valence-electron chi connectivity index (χ3n) is 5.81. The highest BCUT2D eigenvalue weighted by Gasteiger charge is 2.19. The van der Waals surface area contributed by atoms with Crippen LogP contribution >= 0.6 is 0 Å². The van der Waals surface area contributed by atoms with E-state index in [2.05, 4.69) is 28.8 Å². The van der Waals surface area contributed by atoms with E-state index >= 15 is 0 Å². The zero-order valence-corrected chi connectivity index (χ0v) is 19.9. The Morgan fingerprint density at radius 2 is 1.55 bits per heavy atom. The van der Waals surface area contributed by atoms with Gasteiger partial charge in [0.15, 0.2) is 0 Å². The molecule has 0 spiro atoms. The van der Waals surface area contributed by atoms with Crippen LogP contribution in [0.15, 0.2) is 75.5 Å². The average molecular weight is 440 g/mol. The molecule has 0 unspecified atom stereocenters. The molecule has 4 heterocycles. The molecule has 6 heteroatoms. The van der Waals surface area contributed by atoms with Crippen LogP contribution in [0.5, 0.6) is 0 Å². The number of aromatic amines is 2. The van der Waals surface area contributed by atoms with Crippen molar-refractivity contribution in [3.8, 4) is 0 Å². The maximum atomic E-state index is 13.2. The maximum absolute atomic E-state index is 13.2. The lowest BCUT2D eigenvalue weighted by Gasteiger charge is -2.12. The van der Waals surface area contributed by atoms with Gasteiger partial charge in [0, 0.05) is 31.4 Å². The Morgan fingerprint density at radius 3 is 2.18 bits per heavy atom. The molecular weight excluding hydrogens is 410 g/mol. The number of carbonyl (C=O) groups excluding carboxylic acids is 1. The summed E-state index contributed by atoms with van der Waals surface area (Å²) in [5.74, 6) is -0.0801. The number of H-pyrrole nitrogens is 2. The molecule has 0 aliphatic carbocycles. The second-order valence-corrected chi connectivity index (χ2v) is 8.63. The minimum atomic E-state index is -0.0801. The second-order valence-electron chi connectivity index (χ2n) is 8.63. The lowest BCUT2D eigenvalue weighted by molar-refractivity contribution is -0.122. The van der Waals surface area contributed by atoms with Crippen LogP contribution in [0, 0.1) is 0 Å². The highest BCUT2D eigenvalue weighted by Crippen LogP contribution is 2.23. The zero-order chi connectivity index (χ0) is 23.7. The number of nitrogens with one attached hydrogen (secondary N) is 2. The summed E-state index contributed by atoms with van der Waals surface area (Å²) in [5.41, 5.74) is 8.35. The van der Waals surface area contributed by atoms with Crippen LogP contribution in [-0.2, 0) is 4.79 Å². The van der Waals surface area contributed by atoms with Gasteiger partial charge < -0.3 is 14.9 Å². The van der Waals surface area contributed by atoms with E-state index in [9.17, 15) is 4.79 Å². The summed E-state index contributed by atoms with van der Waals surface area (Å²) in [4.78, 5) is 30.7. The highest BCUT2D eigenvalue weighted by atomic mass is 16.2. The van der Waals surface area contributed by atoms with Crippen molar-refractivity contribution < 1.29 is 4.79 Å². The summed E-state index contributed by atoms with van der Waals surface area (Å²) in [6.45, 7) is 8.17. The average Bonchev–Trinajstić information content (AvgIpc) is 3.59. The Balaban J connectivity index is 1.84. The number of hydrogen-bond acceptors (Lipinski definition) is 3. The molecule has 2 N–H and O–H groups in total. The first-order chi connectivity index (χ1) is 15.8. The van der Waals surface area contributed by atoms with Crippen molar-refractivity contribution in [1.82, 2.24) is 14.9 Å². The molecule has 6 nitrogen and oxygen atoms in total. The molecule has 2 aliphatic rings. The number of hydrogen-bond donors (Lipinski definition) is 2. The first-order valence-electron chi connectivity index (χ1n) is 10.9. The van der Waals surface area contributed by atoms with Gasteiger partial charge in [-0.3, -0.25) is 9.79 Å². The molecule has 2 aliphatic heterocycles. The molecule has 0 radical (unpaired) electrons. The number of amides is 1. The van der Waals surface area contributed by atoms with Crippen LogP contribution in [0.3, 0.4) is 0 Å². The monoisotopic (exact) mass is 439 g/mol. The molecule has 0 aromatic carbocycles. The Morgan fingerprint density at radius 1 is 0.818 bits per heavy atom. The van der Waals surface area contributed by atoms with Crippen molar-refractivity contribution in [1.29, 1.82) is 0 Å². The molecule has 2 aromatic heterocycles. The van der Waals surface area contributed by atoms with Gasteiger partial charge in [-0.25, -0.2) is 4.99 Å². The number of allylic oxidation sites excluding steroid dienone is 6. The predicted octanol–water partition coefficient (Wildman–Crippen LogP) is 3.48. The summed E-state index contributed by atoms with van der Waals surface area (Å²) < 4.78 is 0. The van der Waals surface area contributed by atoms with E-state index in [0.717, 1.165) is 50.3 Å². The number of likely N-dealkylation sites (N-methyl/N-ethyl adjacent to an activating group) is 1. The van der Waals surface area contributed by atoms with Crippen molar-refractivity contribution in [3.63, 3.8) is 0 Å². The predicted molar refractivity (Wildman–Crippen MR) is 136 cm³/mol. The number of nitrogens with zero attached hydrogens (tertiary/aromatic N) is 3. The molecule has 1 amide bonds. The SMILES string of the molecule is CC(C)=C1C=CC(/C(C)=c2/cc/c(=C(\C(=O)N(C)C)c3ccc(/C(C)=C4/C=CC=N4)[nH]3)[nH]2)=N1.